The molecular formula is C7H9NOS. The largest absolute Gasteiger partial charge is 0.321 e. The normalized spacial score (nSPS) is 13.0. The van der Waals surface area contributed by atoms with Crippen LogP contribution in [0.25, 0.3) is 0 Å². The Morgan fingerprint density at radius 2 is 2.50 bits per heavy atom. The molecule has 0 aromatic carbocycles. The molecule has 0 fully saturated rings. The maximum absolute atomic E-state index is 11.1. The molecule has 1 aromatic heterocycles. The van der Waals surface area contributed by atoms with Crippen LogP contribution in [0.5, 0.6) is 0 Å². The molecule has 0 aliphatic carbocycles. The summed E-state index contributed by atoms with van der Waals surface area (Å²) in [6.07, 6.45) is 0. The van der Waals surface area contributed by atoms with Gasteiger partial charge in [-0.2, -0.15) is 11.3 Å². The van der Waals surface area contributed by atoms with Gasteiger partial charge in [-0.1, -0.05) is 0 Å². The first-order valence-electron chi connectivity index (χ1n) is 3.04. The fourth-order valence-corrected chi connectivity index (χ4v) is 1.31. The van der Waals surface area contributed by atoms with Gasteiger partial charge < -0.3 is 5.73 Å². The summed E-state index contributed by atoms with van der Waals surface area (Å²) in [6, 6.07) is 1.41. The lowest BCUT2D eigenvalue weighted by Crippen LogP contribution is -2.26. The van der Waals surface area contributed by atoms with Gasteiger partial charge in [-0.25, -0.2) is 0 Å². The number of nitrogens with two attached hydrogens (primary N) is 1. The molecule has 0 spiro atoms. The summed E-state index contributed by atoms with van der Waals surface area (Å²) in [4.78, 5) is 11.1. The quantitative estimate of drug-likeness (QED) is 0.654. The van der Waals surface area contributed by atoms with Crippen molar-refractivity contribution in [2.45, 2.75) is 13.0 Å². The topological polar surface area (TPSA) is 43.1 Å². The number of Topliss-reactive ketones (excluding diaryl/α,β-unsaturated/α-hetero) is 1. The number of hydrogen-bond donors (Lipinski definition) is 1. The monoisotopic (exact) mass is 155 g/mol. The second-order valence-corrected chi connectivity index (χ2v) is 2.94. The predicted molar refractivity (Wildman–Crippen MR) is 42.3 cm³/mol. The Balaban J connectivity index is 2.78. The maximum atomic E-state index is 11.1. The van der Waals surface area contributed by atoms with E-state index >= 15 is 0 Å². The van der Waals surface area contributed by atoms with Crippen molar-refractivity contribution in [1.29, 1.82) is 0 Å². The smallest absolute Gasteiger partial charge is 0.180 e. The van der Waals surface area contributed by atoms with Gasteiger partial charge in [0.1, 0.15) is 0 Å². The number of carbonyl (C=O) groups is 1. The lowest BCUT2D eigenvalue weighted by molar-refractivity contribution is 0.0968. The highest BCUT2D eigenvalue weighted by Gasteiger charge is 2.09. The highest BCUT2D eigenvalue weighted by molar-refractivity contribution is 7.08. The molecule has 0 saturated carbocycles. The molecule has 10 heavy (non-hydrogen) atoms. The molecule has 0 bridgehead atoms. The van der Waals surface area contributed by atoms with Gasteiger partial charge in [0.2, 0.25) is 0 Å². The van der Waals surface area contributed by atoms with Crippen molar-refractivity contribution in [2.75, 3.05) is 0 Å². The number of rotatable bonds is 2. The summed E-state index contributed by atoms with van der Waals surface area (Å²) in [5, 5.41) is 3.68. The van der Waals surface area contributed by atoms with E-state index in [1.54, 1.807) is 13.0 Å². The van der Waals surface area contributed by atoms with Gasteiger partial charge in [-0.3, -0.25) is 4.79 Å². The molecule has 0 aliphatic heterocycles. The van der Waals surface area contributed by atoms with Crippen molar-refractivity contribution in [3.63, 3.8) is 0 Å². The maximum Gasteiger partial charge on any atom is 0.180 e. The highest BCUT2D eigenvalue weighted by Crippen LogP contribution is 2.07. The molecule has 1 aromatic rings. The summed E-state index contributed by atoms with van der Waals surface area (Å²) < 4.78 is 0. The molecule has 3 heteroatoms. The zero-order valence-corrected chi connectivity index (χ0v) is 6.52. The molecule has 2 nitrogen and oxygen atoms in total. The molecule has 0 amide bonds. The number of thiophene rings is 1. The van der Waals surface area contributed by atoms with Crippen LogP contribution in [-0.4, -0.2) is 11.8 Å². The number of ketones is 1. The van der Waals surface area contributed by atoms with Crippen LogP contribution in [0.2, 0.25) is 0 Å². The number of carbonyl (C=O) groups excluding carboxylic acids is 1. The Morgan fingerprint density at radius 1 is 1.80 bits per heavy atom. The van der Waals surface area contributed by atoms with Gasteiger partial charge in [0.05, 0.1) is 6.04 Å². The van der Waals surface area contributed by atoms with Gasteiger partial charge >= 0.3 is 0 Å². The molecule has 54 valence electrons. The fourth-order valence-electron chi connectivity index (χ4n) is 0.668. The standard InChI is InChI=1S/C7H9NOS/c1-5(8)7(9)6-2-3-10-4-6/h2-5H,8H2,1H3/t5-/m1/s1. The fraction of sp³-hybridized carbons (Fsp3) is 0.286. The van der Waals surface area contributed by atoms with Crippen LogP contribution in [0.15, 0.2) is 16.8 Å². The molecular weight excluding hydrogens is 146 g/mol. The third-order valence-corrected chi connectivity index (χ3v) is 1.90. The van der Waals surface area contributed by atoms with Crippen LogP contribution in [0.1, 0.15) is 17.3 Å². The Morgan fingerprint density at radius 3 is 2.90 bits per heavy atom. The van der Waals surface area contributed by atoms with Crippen LogP contribution < -0.4 is 5.73 Å². The summed E-state index contributed by atoms with van der Waals surface area (Å²) in [5.74, 6) is 0.0150. The van der Waals surface area contributed by atoms with Gasteiger partial charge in [0.25, 0.3) is 0 Å². The lowest BCUT2D eigenvalue weighted by Gasteiger charge is -1.99. The minimum absolute atomic E-state index is 0.0150. The van der Waals surface area contributed by atoms with E-state index in [0.29, 0.717) is 0 Å². The summed E-state index contributed by atoms with van der Waals surface area (Å²) >= 11 is 1.51. The molecule has 0 aliphatic rings. The van der Waals surface area contributed by atoms with Crippen LogP contribution in [0, 0.1) is 0 Å². The van der Waals surface area contributed by atoms with Crippen molar-refractivity contribution in [3.8, 4) is 0 Å². The van der Waals surface area contributed by atoms with Crippen LogP contribution in [0.3, 0.4) is 0 Å². The van der Waals surface area contributed by atoms with Crippen LogP contribution in [-0.2, 0) is 0 Å². The number of hydrogen-bond acceptors (Lipinski definition) is 3. The van der Waals surface area contributed by atoms with Crippen molar-refractivity contribution in [3.05, 3.63) is 22.4 Å². The average Bonchev–Trinajstić information content (AvgIpc) is 2.36. The first-order valence-corrected chi connectivity index (χ1v) is 3.98. The van der Waals surface area contributed by atoms with Gasteiger partial charge in [0.15, 0.2) is 5.78 Å². The second-order valence-electron chi connectivity index (χ2n) is 2.16. The second kappa shape index (κ2) is 2.94. The SMILES string of the molecule is C[C@@H](N)C(=O)c1ccsc1. The molecule has 2 N–H and O–H groups in total. The Labute approximate surface area is 63.7 Å². The van der Waals surface area contributed by atoms with E-state index in [0.717, 1.165) is 5.56 Å². The Kier molecular flexibility index (Phi) is 2.19. The van der Waals surface area contributed by atoms with E-state index < -0.39 is 0 Å². The van der Waals surface area contributed by atoms with E-state index in [2.05, 4.69) is 0 Å². The zero-order chi connectivity index (χ0) is 7.56. The molecule has 1 atom stereocenters. The zero-order valence-electron chi connectivity index (χ0n) is 5.70. The van der Waals surface area contributed by atoms with Crippen LogP contribution >= 0.6 is 11.3 Å². The van der Waals surface area contributed by atoms with Gasteiger partial charge in [-0.05, 0) is 18.4 Å². The van der Waals surface area contributed by atoms with Gasteiger partial charge in [0, 0.05) is 10.9 Å². The van der Waals surface area contributed by atoms with Crippen molar-refractivity contribution >= 4 is 17.1 Å². The first kappa shape index (κ1) is 7.44. The van der Waals surface area contributed by atoms with E-state index in [1.807, 2.05) is 10.8 Å². The van der Waals surface area contributed by atoms with Gasteiger partial charge in [-0.15, -0.1) is 0 Å². The van der Waals surface area contributed by atoms with Crippen molar-refractivity contribution in [2.24, 2.45) is 5.73 Å². The third kappa shape index (κ3) is 1.43. The first-order chi connectivity index (χ1) is 4.72. The molecule has 0 radical (unpaired) electrons. The third-order valence-electron chi connectivity index (χ3n) is 1.22. The van der Waals surface area contributed by atoms with E-state index in [1.165, 1.54) is 11.3 Å². The Bertz CT molecular complexity index is 216. The van der Waals surface area contributed by atoms with E-state index in [9.17, 15) is 4.79 Å². The van der Waals surface area contributed by atoms with E-state index in [4.69, 9.17) is 5.73 Å². The summed E-state index contributed by atoms with van der Waals surface area (Å²) in [5.41, 5.74) is 6.10. The highest BCUT2D eigenvalue weighted by atomic mass is 32.1. The van der Waals surface area contributed by atoms with Crippen molar-refractivity contribution < 1.29 is 4.79 Å². The Hall–Kier alpha value is -0.670. The van der Waals surface area contributed by atoms with Crippen molar-refractivity contribution in [1.82, 2.24) is 0 Å². The summed E-state index contributed by atoms with van der Waals surface area (Å²) in [6.45, 7) is 1.69. The van der Waals surface area contributed by atoms with E-state index in [-0.39, 0.29) is 11.8 Å². The van der Waals surface area contributed by atoms with Crippen LogP contribution in [0.4, 0.5) is 0 Å². The molecule has 1 rings (SSSR count). The average molecular weight is 155 g/mol. The predicted octanol–water partition coefficient (Wildman–Crippen LogP) is 1.28. The lowest BCUT2D eigenvalue weighted by atomic mass is 10.1. The summed E-state index contributed by atoms with van der Waals surface area (Å²) in [7, 11) is 0. The molecule has 0 saturated heterocycles. The minimum Gasteiger partial charge on any atom is -0.321 e. The minimum atomic E-state index is -0.380. The molecule has 1 heterocycles. The molecule has 0 unspecified atom stereocenters.